The fraction of sp³-hybridized carbons (Fsp3) is 0.333. The molecule has 0 unspecified atom stereocenters. The number of sulfonamides is 1. The fourth-order valence-corrected chi connectivity index (χ4v) is 2.77. The van der Waals surface area contributed by atoms with E-state index in [0.717, 1.165) is 0 Å². The van der Waals surface area contributed by atoms with E-state index in [-0.39, 0.29) is 10.5 Å². The predicted octanol–water partition coefficient (Wildman–Crippen LogP) is 0.533. The smallest absolute Gasteiger partial charge is 0.338 e. The van der Waals surface area contributed by atoms with Gasteiger partial charge >= 0.3 is 11.9 Å². The van der Waals surface area contributed by atoms with Crippen LogP contribution in [0, 0.1) is 6.92 Å². The minimum atomic E-state index is -3.96. The number of carbonyl (C=O) groups excluding carboxylic acids is 1. The van der Waals surface area contributed by atoms with E-state index in [1.807, 2.05) is 4.72 Å². The zero-order valence-electron chi connectivity index (χ0n) is 11.2. The predicted molar refractivity (Wildman–Crippen MR) is 69.9 cm³/mol. The highest BCUT2D eigenvalue weighted by Crippen LogP contribution is 2.16. The number of aryl methyl sites for hydroxylation is 1. The molecule has 1 aromatic carbocycles. The lowest BCUT2D eigenvalue weighted by molar-refractivity contribution is -0.138. The number of nitrogens with one attached hydrogen (secondary N) is 1. The molecule has 0 amide bonds. The molecule has 1 rings (SSSR count). The lowest BCUT2D eigenvalue weighted by atomic mass is 10.1. The Morgan fingerprint density at radius 3 is 2.40 bits per heavy atom. The summed E-state index contributed by atoms with van der Waals surface area (Å²) in [6, 6.07) is 2.57. The van der Waals surface area contributed by atoms with Crippen molar-refractivity contribution in [1.29, 1.82) is 0 Å². The molecule has 0 radical (unpaired) electrons. The summed E-state index contributed by atoms with van der Waals surface area (Å²) >= 11 is 0. The molecule has 0 aliphatic carbocycles. The van der Waals surface area contributed by atoms with E-state index in [9.17, 15) is 18.0 Å². The first-order valence-corrected chi connectivity index (χ1v) is 7.11. The van der Waals surface area contributed by atoms with Crippen LogP contribution in [0.4, 0.5) is 0 Å². The van der Waals surface area contributed by atoms with Crippen LogP contribution in [0.2, 0.25) is 0 Å². The average Bonchev–Trinajstić information content (AvgIpc) is 2.37. The second kappa shape index (κ2) is 6.02. The maximum Gasteiger partial charge on any atom is 0.338 e. The van der Waals surface area contributed by atoms with Crippen molar-refractivity contribution in [3.8, 4) is 0 Å². The Balaban J connectivity index is 3.12. The molecule has 0 bridgehead atoms. The topological polar surface area (TPSA) is 110 Å². The number of benzene rings is 1. The van der Waals surface area contributed by atoms with Gasteiger partial charge < -0.3 is 9.84 Å². The third kappa shape index (κ3) is 3.55. The van der Waals surface area contributed by atoms with Gasteiger partial charge in [0, 0.05) is 0 Å². The molecule has 110 valence electrons. The van der Waals surface area contributed by atoms with Crippen LogP contribution in [0.5, 0.6) is 0 Å². The maximum atomic E-state index is 12.0. The van der Waals surface area contributed by atoms with Gasteiger partial charge in [-0.1, -0.05) is 0 Å². The van der Waals surface area contributed by atoms with Crippen molar-refractivity contribution in [2.24, 2.45) is 0 Å². The van der Waals surface area contributed by atoms with E-state index in [1.54, 1.807) is 6.92 Å². The van der Waals surface area contributed by atoms with Crippen LogP contribution in [0.15, 0.2) is 23.1 Å². The number of carbonyl (C=O) groups is 2. The van der Waals surface area contributed by atoms with Crippen molar-refractivity contribution in [2.75, 3.05) is 7.11 Å². The van der Waals surface area contributed by atoms with Crippen LogP contribution in [0.1, 0.15) is 22.8 Å². The Bertz CT molecular complexity index is 637. The molecule has 0 spiro atoms. The van der Waals surface area contributed by atoms with Crippen LogP contribution in [0.3, 0.4) is 0 Å². The van der Waals surface area contributed by atoms with Gasteiger partial charge in [0.05, 0.1) is 17.6 Å². The summed E-state index contributed by atoms with van der Waals surface area (Å²) in [4.78, 5) is 22.0. The van der Waals surface area contributed by atoms with E-state index >= 15 is 0 Å². The number of hydrogen-bond donors (Lipinski definition) is 2. The first kappa shape index (κ1) is 16.1. The summed E-state index contributed by atoms with van der Waals surface area (Å²) in [6.45, 7) is 2.78. The van der Waals surface area contributed by atoms with Gasteiger partial charge in [-0.15, -0.1) is 0 Å². The maximum absolute atomic E-state index is 12.0. The van der Waals surface area contributed by atoms with Crippen LogP contribution in [0.25, 0.3) is 0 Å². The van der Waals surface area contributed by atoms with Crippen molar-refractivity contribution in [3.05, 3.63) is 29.3 Å². The molecule has 7 nitrogen and oxygen atoms in total. The summed E-state index contributed by atoms with van der Waals surface area (Å²) in [6.07, 6.45) is 0. The molecule has 0 fully saturated rings. The van der Waals surface area contributed by atoms with E-state index in [2.05, 4.69) is 4.74 Å². The molecule has 0 saturated carbocycles. The van der Waals surface area contributed by atoms with Crippen LogP contribution >= 0.6 is 0 Å². The molecule has 0 aromatic heterocycles. The van der Waals surface area contributed by atoms with Gasteiger partial charge in [-0.2, -0.15) is 4.72 Å². The standard InChI is InChI=1S/C12H15NO6S/c1-7-6-9(4-5-10(7)12(16)19-3)20(17,18)13-8(2)11(14)15/h4-6,8,13H,1-3H3,(H,14,15)/t8-/m0/s1. The Morgan fingerprint density at radius 2 is 1.95 bits per heavy atom. The second-order valence-corrected chi connectivity index (χ2v) is 5.86. The third-order valence-electron chi connectivity index (χ3n) is 2.62. The number of rotatable bonds is 5. The average molecular weight is 301 g/mol. The third-order valence-corrected chi connectivity index (χ3v) is 4.15. The first-order chi connectivity index (χ1) is 9.19. The van der Waals surface area contributed by atoms with Crippen LogP contribution < -0.4 is 4.72 Å². The number of hydrogen-bond acceptors (Lipinski definition) is 5. The van der Waals surface area contributed by atoms with Gasteiger partial charge in [-0.05, 0) is 37.6 Å². The fourth-order valence-electron chi connectivity index (χ4n) is 1.49. The van der Waals surface area contributed by atoms with E-state index in [1.165, 1.54) is 32.2 Å². The number of aliphatic carboxylic acids is 1. The summed E-state index contributed by atoms with van der Waals surface area (Å²) in [7, 11) is -2.73. The molecule has 8 heteroatoms. The van der Waals surface area contributed by atoms with Gasteiger partial charge in [0.2, 0.25) is 10.0 Å². The van der Waals surface area contributed by atoms with Crippen LogP contribution in [-0.2, 0) is 19.6 Å². The zero-order valence-corrected chi connectivity index (χ0v) is 12.0. The van der Waals surface area contributed by atoms with Crippen molar-refractivity contribution >= 4 is 22.0 Å². The number of carboxylic acids is 1. The second-order valence-electron chi connectivity index (χ2n) is 4.15. The van der Waals surface area contributed by atoms with E-state index < -0.39 is 28.0 Å². The summed E-state index contributed by atoms with van der Waals surface area (Å²) in [5.74, 6) is -1.85. The van der Waals surface area contributed by atoms with Crippen molar-refractivity contribution < 1.29 is 27.9 Å². The van der Waals surface area contributed by atoms with Gasteiger partial charge in [-0.25, -0.2) is 13.2 Å². The minimum Gasteiger partial charge on any atom is -0.480 e. The molecule has 2 N–H and O–H groups in total. The van der Waals surface area contributed by atoms with Crippen molar-refractivity contribution in [2.45, 2.75) is 24.8 Å². The quantitative estimate of drug-likeness (QED) is 0.768. The monoisotopic (exact) mass is 301 g/mol. The number of ether oxygens (including phenoxy) is 1. The minimum absolute atomic E-state index is 0.115. The normalized spacial score (nSPS) is 12.8. The molecule has 0 saturated heterocycles. The molecular formula is C12H15NO6S. The lowest BCUT2D eigenvalue weighted by Gasteiger charge is -2.11. The molecule has 20 heavy (non-hydrogen) atoms. The molecule has 0 aliphatic rings. The Morgan fingerprint density at radius 1 is 1.35 bits per heavy atom. The molecule has 1 aromatic rings. The Hall–Kier alpha value is -1.93. The molecule has 0 aliphatic heterocycles. The van der Waals surface area contributed by atoms with E-state index in [4.69, 9.17) is 5.11 Å². The summed E-state index contributed by atoms with van der Waals surface area (Å²) < 4.78 is 30.5. The number of carboxylic acid groups (broad SMARTS) is 1. The van der Waals surface area contributed by atoms with E-state index in [0.29, 0.717) is 5.56 Å². The van der Waals surface area contributed by atoms with Crippen LogP contribution in [-0.4, -0.2) is 38.6 Å². The SMILES string of the molecule is COC(=O)c1ccc(S(=O)(=O)N[C@@H](C)C(=O)O)cc1C. The Kier molecular flexibility index (Phi) is 4.85. The van der Waals surface area contributed by atoms with Gasteiger partial charge in [0.1, 0.15) is 6.04 Å². The summed E-state index contributed by atoms with van der Waals surface area (Å²) in [5.41, 5.74) is 0.667. The first-order valence-electron chi connectivity index (χ1n) is 5.63. The summed E-state index contributed by atoms with van der Waals surface area (Å²) in [5, 5.41) is 8.71. The van der Waals surface area contributed by atoms with Crippen molar-refractivity contribution in [1.82, 2.24) is 4.72 Å². The van der Waals surface area contributed by atoms with Gasteiger partial charge in [-0.3, -0.25) is 4.79 Å². The number of esters is 1. The zero-order chi connectivity index (χ0) is 15.5. The number of methoxy groups -OCH3 is 1. The molecular weight excluding hydrogens is 286 g/mol. The highest BCUT2D eigenvalue weighted by Gasteiger charge is 2.22. The highest BCUT2D eigenvalue weighted by molar-refractivity contribution is 7.89. The van der Waals surface area contributed by atoms with Gasteiger partial charge in [0.25, 0.3) is 0 Å². The van der Waals surface area contributed by atoms with Crippen molar-refractivity contribution in [3.63, 3.8) is 0 Å². The van der Waals surface area contributed by atoms with Gasteiger partial charge in [0.15, 0.2) is 0 Å². The highest BCUT2D eigenvalue weighted by atomic mass is 32.2. The Labute approximate surface area is 116 Å². The molecule has 0 heterocycles. The largest absolute Gasteiger partial charge is 0.480 e. The molecule has 1 atom stereocenters. The lowest BCUT2D eigenvalue weighted by Crippen LogP contribution is -2.38.